The van der Waals surface area contributed by atoms with Crippen molar-refractivity contribution in [2.24, 2.45) is 5.92 Å². The first-order valence-electron chi connectivity index (χ1n) is 6.72. The Hall–Kier alpha value is -1.90. The molecule has 1 aliphatic rings. The average Bonchev–Trinajstić information content (AvgIpc) is 2.99. The van der Waals surface area contributed by atoms with E-state index in [2.05, 4.69) is 22.1 Å². The molecule has 5 heteroatoms. The summed E-state index contributed by atoms with van der Waals surface area (Å²) in [4.78, 5) is 16.2. The Balaban J connectivity index is 1.99. The van der Waals surface area contributed by atoms with Crippen LogP contribution < -0.4 is 5.32 Å². The van der Waals surface area contributed by atoms with E-state index in [9.17, 15) is 4.79 Å². The van der Waals surface area contributed by atoms with Crippen LogP contribution in [0.4, 0.5) is 0 Å². The molecule has 1 amide bonds. The quantitative estimate of drug-likeness (QED) is 0.788. The highest BCUT2D eigenvalue weighted by Crippen LogP contribution is 2.11. The summed E-state index contributed by atoms with van der Waals surface area (Å²) in [7, 11) is 0. The lowest BCUT2D eigenvalue weighted by molar-refractivity contribution is 0.0940. The van der Waals surface area contributed by atoms with Crippen LogP contribution in [-0.4, -0.2) is 42.4 Å². The predicted octanol–water partition coefficient (Wildman–Crippen LogP) is 0.582. The van der Waals surface area contributed by atoms with Gasteiger partial charge >= 0.3 is 0 Å². The number of ether oxygens (including phenoxy) is 1. The minimum absolute atomic E-state index is 0.0104. The molecule has 0 bridgehead atoms. The van der Waals surface area contributed by atoms with Crippen molar-refractivity contribution in [1.82, 2.24) is 10.3 Å². The molecular weight excluding hydrogens is 256 g/mol. The molecular formula is C15H18N2O3. The van der Waals surface area contributed by atoms with E-state index in [1.807, 2.05) is 0 Å². The van der Waals surface area contributed by atoms with Crippen LogP contribution in [-0.2, 0) is 4.74 Å². The number of aliphatic hydroxyl groups is 1. The molecule has 0 saturated carbocycles. The first-order valence-corrected chi connectivity index (χ1v) is 6.72. The molecule has 0 aliphatic carbocycles. The molecule has 1 unspecified atom stereocenters. The standard InChI is InChI=1S/C15H18N2O3/c18-8-2-1-4-13-5-3-7-16-14(13)15(19)17-10-12-6-9-20-11-12/h3,5,7,12,18H,2,6,8-11H2,(H,17,19). The molecule has 20 heavy (non-hydrogen) atoms. The fraction of sp³-hybridized carbons (Fsp3) is 0.467. The Morgan fingerprint density at radius 1 is 1.60 bits per heavy atom. The number of aromatic nitrogens is 1. The fourth-order valence-corrected chi connectivity index (χ4v) is 1.97. The molecule has 1 fully saturated rings. The molecule has 1 aliphatic heterocycles. The third-order valence-corrected chi connectivity index (χ3v) is 3.06. The molecule has 0 spiro atoms. The summed E-state index contributed by atoms with van der Waals surface area (Å²) in [6.07, 6.45) is 2.94. The lowest BCUT2D eigenvalue weighted by Crippen LogP contribution is -2.30. The Bertz CT molecular complexity index is 513. The van der Waals surface area contributed by atoms with Gasteiger partial charge in [0.2, 0.25) is 0 Å². The SMILES string of the molecule is O=C(NCC1CCOC1)c1ncccc1C#CCCO. The van der Waals surface area contributed by atoms with Gasteiger partial charge in [-0.3, -0.25) is 4.79 Å². The summed E-state index contributed by atoms with van der Waals surface area (Å²) in [6, 6.07) is 3.50. The van der Waals surface area contributed by atoms with Crippen LogP contribution in [0.5, 0.6) is 0 Å². The number of aliphatic hydroxyl groups excluding tert-OH is 1. The number of pyridine rings is 1. The van der Waals surface area contributed by atoms with E-state index in [4.69, 9.17) is 9.84 Å². The minimum Gasteiger partial charge on any atom is -0.395 e. The number of nitrogens with zero attached hydrogens (tertiary/aromatic N) is 1. The molecule has 1 saturated heterocycles. The first kappa shape index (κ1) is 14.5. The van der Waals surface area contributed by atoms with Crippen molar-refractivity contribution in [3.05, 3.63) is 29.6 Å². The summed E-state index contributed by atoms with van der Waals surface area (Å²) in [5.41, 5.74) is 0.915. The Labute approximate surface area is 118 Å². The third kappa shape index (κ3) is 4.05. The van der Waals surface area contributed by atoms with Crippen molar-refractivity contribution < 1.29 is 14.6 Å². The average molecular weight is 274 g/mol. The van der Waals surface area contributed by atoms with Gasteiger partial charge in [-0.2, -0.15) is 0 Å². The van der Waals surface area contributed by atoms with Gasteiger partial charge < -0.3 is 15.2 Å². The van der Waals surface area contributed by atoms with Crippen molar-refractivity contribution >= 4 is 5.91 Å². The van der Waals surface area contributed by atoms with Crippen molar-refractivity contribution in [3.63, 3.8) is 0 Å². The maximum absolute atomic E-state index is 12.1. The topological polar surface area (TPSA) is 71.5 Å². The molecule has 1 aromatic heterocycles. The lowest BCUT2D eigenvalue weighted by Gasteiger charge is -2.09. The summed E-state index contributed by atoms with van der Waals surface area (Å²) in [5.74, 6) is 5.83. The van der Waals surface area contributed by atoms with Crippen LogP contribution in [0, 0.1) is 17.8 Å². The van der Waals surface area contributed by atoms with Crippen LogP contribution in [0.1, 0.15) is 28.9 Å². The third-order valence-electron chi connectivity index (χ3n) is 3.06. The van der Waals surface area contributed by atoms with Crippen LogP contribution in [0.15, 0.2) is 18.3 Å². The van der Waals surface area contributed by atoms with E-state index < -0.39 is 0 Å². The smallest absolute Gasteiger partial charge is 0.271 e. The second-order valence-corrected chi connectivity index (χ2v) is 4.61. The van der Waals surface area contributed by atoms with Crippen LogP contribution in [0.25, 0.3) is 0 Å². The summed E-state index contributed by atoms with van der Waals surface area (Å²) in [5, 5.41) is 11.6. The first-order chi connectivity index (χ1) is 9.81. The van der Waals surface area contributed by atoms with Gasteiger partial charge in [-0.25, -0.2) is 4.98 Å². The zero-order valence-electron chi connectivity index (χ0n) is 11.3. The highest BCUT2D eigenvalue weighted by atomic mass is 16.5. The van der Waals surface area contributed by atoms with E-state index >= 15 is 0 Å². The molecule has 2 rings (SSSR count). The van der Waals surface area contributed by atoms with Gasteiger partial charge in [0.05, 0.1) is 18.8 Å². The molecule has 106 valence electrons. The predicted molar refractivity (Wildman–Crippen MR) is 74.1 cm³/mol. The number of hydrogen-bond donors (Lipinski definition) is 2. The monoisotopic (exact) mass is 274 g/mol. The van der Waals surface area contributed by atoms with Crippen molar-refractivity contribution in [2.75, 3.05) is 26.4 Å². The lowest BCUT2D eigenvalue weighted by atomic mass is 10.1. The van der Waals surface area contributed by atoms with Crippen LogP contribution in [0.2, 0.25) is 0 Å². The molecule has 2 heterocycles. The summed E-state index contributed by atoms with van der Waals surface area (Å²) >= 11 is 0. The van der Waals surface area contributed by atoms with Crippen LogP contribution >= 0.6 is 0 Å². The van der Waals surface area contributed by atoms with E-state index in [0.29, 0.717) is 36.7 Å². The molecule has 1 aromatic rings. The molecule has 1 atom stereocenters. The van der Waals surface area contributed by atoms with Crippen LogP contribution in [0.3, 0.4) is 0 Å². The number of carbonyl (C=O) groups excluding carboxylic acids is 1. The maximum Gasteiger partial charge on any atom is 0.271 e. The summed E-state index contributed by atoms with van der Waals surface area (Å²) in [6.45, 7) is 2.07. The Kier molecular flexibility index (Phi) is 5.54. The van der Waals surface area contributed by atoms with Gasteiger partial charge in [-0.05, 0) is 18.6 Å². The highest BCUT2D eigenvalue weighted by molar-refractivity contribution is 5.94. The van der Waals surface area contributed by atoms with E-state index in [-0.39, 0.29) is 12.5 Å². The number of nitrogens with one attached hydrogen (secondary N) is 1. The van der Waals surface area contributed by atoms with Crippen molar-refractivity contribution in [1.29, 1.82) is 0 Å². The Morgan fingerprint density at radius 2 is 2.50 bits per heavy atom. The number of hydrogen-bond acceptors (Lipinski definition) is 4. The number of rotatable bonds is 4. The zero-order chi connectivity index (χ0) is 14.2. The van der Waals surface area contributed by atoms with E-state index in [1.165, 1.54) is 0 Å². The minimum atomic E-state index is -0.217. The van der Waals surface area contributed by atoms with Gasteiger partial charge in [-0.15, -0.1) is 0 Å². The highest BCUT2D eigenvalue weighted by Gasteiger charge is 2.18. The van der Waals surface area contributed by atoms with Gasteiger partial charge in [0, 0.05) is 31.7 Å². The molecule has 0 radical (unpaired) electrons. The number of carbonyl (C=O) groups is 1. The second-order valence-electron chi connectivity index (χ2n) is 4.61. The largest absolute Gasteiger partial charge is 0.395 e. The molecule has 0 aromatic carbocycles. The van der Waals surface area contributed by atoms with Crippen molar-refractivity contribution in [2.45, 2.75) is 12.8 Å². The van der Waals surface area contributed by atoms with E-state index in [0.717, 1.165) is 13.0 Å². The van der Waals surface area contributed by atoms with Crippen molar-refractivity contribution in [3.8, 4) is 11.8 Å². The fourth-order valence-electron chi connectivity index (χ4n) is 1.97. The molecule has 5 nitrogen and oxygen atoms in total. The molecule has 2 N–H and O–H groups in total. The van der Waals surface area contributed by atoms with Gasteiger partial charge in [0.1, 0.15) is 5.69 Å². The second kappa shape index (κ2) is 7.63. The van der Waals surface area contributed by atoms with E-state index in [1.54, 1.807) is 18.3 Å². The maximum atomic E-state index is 12.1. The number of amides is 1. The van der Waals surface area contributed by atoms with Gasteiger partial charge in [-0.1, -0.05) is 11.8 Å². The Morgan fingerprint density at radius 3 is 3.25 bits per heavy atom. The van der Waals surface area contributed by atoms with Gasteiger partial charge in [0.25, 0.3) is 5.91 Å². The zero-order valence-corrected chi connectivity index (χ0v) is 11.3. The van der Waals surface area contributed by atoms with Gasteiger partial charge in [0.15, 0.2) is 0 Å². The summed E-state index contributed by atoms with van der Waals surface area (Å²) < 4.78 is 5.27. The normalized spacial score (nSPS) is 17.4.